The molecule has 0 aromatic heterocycles. The number of methoxy groups -OCH3 is 1. The molecule has 0 spiro atoms. The zero-order valence-corrected chi connectivity index (χ0v) is 29.5. The van der Waals surface area contributed by atoms with Crippen molar-refractivity contribution < 1.29 is 23.9 Å². The standard InChI is InChI=1S/C44H35N3O5S/c1-52-44(51)37-19-11-12-20-38(37)46-43(50)40(33-15-7-3-8-16-33)53-36-27-25-35(26-28-36)45-42(49)39(47-41(48)34-17-9-4-10-18-34)29-30-21-23-32(24-22-30)31-13-5-2-6-14-31/h2-29,40H,1H3,(H,45,49)(H,46,50)(H,47,48)/b39-29-. The van der Waals surface area contributed by atoms with Crippen molar-refractivity contribution >= 4 is 52.9 Å². The van der Waals surface area contributed by atoms with E-state index in [4.69, 9.17) is 4.74 Å². The fraction of sp³-hybridized carbons (Fsp3) is 0.0455. The van der Waals surface area contributed by atoms with E-state index in [0.717, 1.165) is 27.1 Å². The zero-order chi connectivity index (χ0) is 37.0. The van der Waals surface area contributed by atoms with E-state index in [1.807, 2.05) is 91.0 Å². The maximum absolute atomic E-state index is 13.7. The molecule has 0 aliphatic rings. The van der Waals surface area contributed by atoms with Crippen LogP contribution in [0.1, 0.15) is 37.1 Å². The van der Waals surface area contributed by atoms with E-state index in [9.17, 15) is 19.2 Å². The Morgan fingerprint density at radius 2 is 1.21 bits per heavy atom. The number of thioether (sulfide) groups is 1. The predicted molar refractivity (Wildman–Crippen MR) is 210 cm³/mol. The van der Waals surface area contributed by atoms with E-state index in [1.54, 1.807) is 78.9 Å². The first-order chi connectivity index (χ1) is 25.9. The van der Waals surface area contributed by atoms with E-state index >= 15 is 0 Å². The summed E-state index contributed by atoms with van der Waals surface area (Å²) in [6, 6.07) is 49.4. The van der Waals surface area contributed by atoms with Crippen molar-refractivity contribution in [2.45, 2.75) is 10.1 Å². The van der Waals surface area contributed by atoms with Crippen LogP contribution in [0.5, 0.6) is 0 Å². The predicted octanol–water partition coefficient (Wildman–Crippen LogP) is 9.02. The summed E-state index contributed by atoms with van der Waals surface area (Å²) in [4.78, 5) is 53.7. The minimum Gasteiger partial charge on any atom is -0.465 e. The van der Waals surface area contributed by atoms with Gasteiger partial charge in [0.25, 0.3) is 11.8 Å². The smallest absolute Gasteiger partial charge is 0.339 e. The molecular weight excluding hydrogens is 683 g/mol. The molecule has 6 aromatic rings. The third-order valence-corrected chi connectivity index (χ3v) is 9.42. The van der Waals surface area contributed by atoms with Crippen LogP contribution in [0.25, 0.3) is 17.2 Å². The number of ether oxygens (including phenoxy) is 1. The van der Waals surface area contributed by atoms with Gasteiger partial charge in [-0.2, -0.15) is 0 Å². The van der Waals surface area contributed by atoms with Crippen LogP contribution in [0.15, 0.2) is 174 Å². The van der Waals surface area contributed by atoms with Crippen LogP contribution < -0.4 is 16.0 Å². The number of esters is 1. The Morgan fingerprint density at radius 3 is 1.87 bits per heavy atom. The molecule has 0 fully saturated rings. The summed E-state index contributed by atoms with van der Waals surface area (Å²) in [5.41, 5.74) is 5.16. The molecule has 6 aromatic carbocycles. The molecule has 53 heavy (non-hydrogen) atoms. The van der Waals surface area contributed by atoms with E-state index < -0.39 is 23.0 Å². The molecule has 6 rings (SSSR count). The Kier molecular flexibility index (Phi) is 11.9. The van der Waals surface area contributed by atoms with Crippen LogP contribution >= 0.6 is 11.8 Å². The van der Waals surface area contributed by atoms with Gasteiger partial charge < -0.3 is 20.7 Å². The number of carbonyl (C=O) groups excluding carboxylic acids is 4. The molecule has 0 radical (unpaired) electrons. The molecule has 1 atom stereocenters. The second-order valence-corrected chi connectivity index (χ2v) is 13.0. The molecule has 0 bridgehead atoms. The van der Waals surface area contributed by atoms with Gasteiger partial charge in [0.2, 0.25) is 5.91 Å². The fourth-order valence-electron chi connectivity index (χ4n) is 5.44. The quantitative estimate of drug-likeness (QED) is 0.0662. The van der Waals surface area contributed by atoms with Gasteiger partial charge in [-0.15, -0.1) is 11.8 Å². The summed E-state index contributed by atoms with van der Waals surface area (Å²) >= 11 is 1.32. The van der Waals surface area contributed by atoms with Crippen LogP contribution in [0, 0.1) is 0 Å². The highest BCUT2D eigenvalue weighted by Gasteiger charge is 2.24. The molecule has 9 heteroatoms. The summed E-state index contributed by atoms with van der Waals surface area (Å²) in [7, 11) is 1.29. The molecule has 1 unspecified atom stereocenters. The molecule has 0 aliphatic carbocycles. The van der Waals surface area contributed by atoms with Crippen molar-refractivity contribution in [2.24, 2.45) is 0 Å². The number of hydrogen-bond acceptors (Lipinski definition) is 6. The van der Waals surface area contributed by atoms with Crippen molar-refractivity contribution in [2.75, 3.05) is 17.7 Å². The number of hydrogen-bond donors (Lipinski definition) is 3. The number of nitrogens with one attached hydrogen (secondary N) is 3. The number of para-hydroxylation sites is 1. The Bertz CT molecular complexity index is 2230. The van der Waals surface area contributed by atoms with Crippen LogP contribution in [0.2, 0.25) is 0 Å². The van der Waals surface area contributed by atoms with Gasteiger partial charge in [0.15, 0.2) is 0 Å². The second-order valence-electron chi connectivity index (χ2n) is 11.8. The Morgan fingerprint density at radius 1 is 0.623 bits per heavy atom. The molecule has 0 aliphatic heterocycles. The van der Waals surface area contributed by atoms with Gasteiger partial charge in [-0.05, 0) is 76.9 Å². The second kappa shape index (κ2) is 17.5. The van der Waals surface area contributed by atoms with Crippen molar-refractivity contribution in [1.29, 1.82) is 0 Å². The summed E-state index contributed by atoms with van der Waals surface area (Å²) in [6.07, 6.45) is 1.64. The molecule has 262 valence electrons. The Hall–Kier alpha value is -6.71. The van der Waals surface area contributed by atoms with Crippen LogP contribution in [0.3, 0.4) is 0 Å². The Labute approximate surface area is 311 Å². The molecule has 3 N–H and O–H groups in total. The lowest BCUT2D eigenvalue weighted by atomic mass is 10.0. The lowest BCUT2D eigenvalue weighted by molar-refractivity contribution is -0.116. The zero-order valence-electron chi connectivity index (χ0n) is 28.7. The first-order valence-electron chi connectivity index (χ1n) is 16.7. The van der Waals surface area contributed by atoms with Crippen LogP contribution in [-0.4, -0.2) is 30.8 Å². The van der Waals surface area contributed by atoms with Crippen molar-refractivity contribution in [3.8, 4) is 11.1 Å². The van der Waals surface area contributed by atoms with Gasteiger partial charge in [0.05, 0.1) is 18.4 Å². The number of amides is 3. The minimum absolute atomic E-state index is 0.0674. The van der Waals surface area contributed by atoms with Gasteiger partial charge in [-0.3, -0.25) is 14.4 Å². The number of rotatable bonds is 12. The van der Waals surface area contributed by atoms with E-state index in [2.05, 4.69) is 16.0 Å². The first kappa shape index (κ1) is 36.1. The van der Waals surface area contributed by atoms with Crippen molar-refractivity contribution in [3.63, 3.8) is 0 Å². The fourth-order valence-corrected chi connectivity index (χ4v) is 6.47. The van der Waals surface area contributed by atoms with Gasteiger partial charge >= 0.3 is 5.97 Å². The lowest BCUT2D eigenvalue weighted by Crippen LogP contribution is -2.30. The molecule has 0 saturated heterocycles. The molecule has 0 saturated carbocycles. The van der Waals surface area contributed by atoms with Crippen LogP contribution in [-0.2, 0) is 14.3 Å². The Balaban J connectivity index is 1.20. The third-order valence-electron chi connectivity index (χ3n) is 8.15. The van der Waals surface area contributed by atoms with Crippen molar-refractivity contribution in [1.82, 2.24) is 5.32 Å². The SMILES string of the molecule is COC(=O)c1ccccc1NC(=O)C(Sc1ccc(NC(=O)/C(=C/c2ccc(-c3ccccc3)cc2)NC(=O)c2ccccc2)cc1)c1ccccc1. The van der Waals surface area contributed by atoms with Crippen LogP contribution in [0.4, 0.5) is 11.4 Å². The average Bonchev–Trinajstić information content (AvgIpc) is 3.21. The minimum atomic E-state index is -0.668. The molecular formula is C44H35N3O5S. The summed E-state index contributed by atoms with van der Waals surface area (Å²) in [6.45, 7) is 0. The van der Waals surface area contributed by atoms with E-state index in [-0.39, 0.29) is 17.2 Å². The maximum atomic E-state index is 13.7. The highest BCUT2D eigenvalue weighted by Crippen LogP contribution is 2.37. The van der Waals surface area contributed by atoms with E-state index in [1.165, 1.54) is 18.9 Å². The highest BCUT2D eigenvalue weighted by molar-refractivity contribution is 8.00. The van der Waals surface area contributed by atoms with Gasteiger partial charge in [-0.1, -0.05) is 115 Å². The maximum Gasteiger partial charge on any atom is 0.339 e. The number of benzene rings is 6. The van der Waals surface area contributed by atoms with Gasteiger partial charge in [-0.25, -0.2) is 4.79 Å². The molecule has 0 heterocycles. The van der Waals surface area contributed by atoms with E-state index in [0.29, 0.717) is 16.9 Å². The summed E-state index contributed by atoms with van der Waals surface area (Å²) in [5.74, 6) is -1.80. The summed E-state index contributed by atoms with van der Waals surface area (Å²) < 4.78 is 4.89. The summed E-state index contributed by atoms with van der Waals surface area (Å²) in [5, 5.41) is 7.90. The molecule has 3 amide bonds. The molecule has 8 nitrogen and oxygen atoms in total. The number of carbonyl (C=O) groups is 4. The normalized spacial score (nSPS) is 11.5. The lowest BCUT2D eigenvalue weighted by Gasteiger charge is -2.18. The monoisotopic (exact) mass is 717 g/mol. The van der Waals surface area contributed by atoms with Gasteiger partial charge in [0.1, 0.15) is 10.9 Å². The topological polar surface area (TPSA) is 114 Å². The highest BCUT2D eigenvalue weighted by atomic mass is 32.2. The van der Waals surface area contributed by atoms with Crippen molar-refractivity contribution in [3.05, 3.63) is 192 Å². The average molecular weight is 718 g/mol. The first-order valence-corrected chi connectivity index (χ1v) is 17.6. The number of anilines is 2. The largest absolute Gasteiger partial charge is 0.465 e. The third kappa shape index (κ3) is 9.55. The van der Waals surface area contributed by atoms with Gasteiger partial charge in [0, 0.05) is 16.1 Å².